The van der Waals surface area contributed by atoms with Crippen molar-refractivity contribution in [1.29, 1.82) is 0 Å². The predicted molar refractivity (Wildman–Crippen MR) is 98.6 cm³/mol. The summed E-state index contributed by atoms with van der Waals surface area (Å²) in [7, 11) is 0. The van der Waals surface area contributed by atoms with Gasteiger partial charge < -0.3 is 16.0 Å². The van der Waals surface area contributed by atoms with E-state index in [2.05, 4.69) is 5.32 Å². The van der Waals surface area contributed by atoms with Gasteiger partial charge in [-0.15, -0.1) is 0 Å². The molecule has 6 nitrogen and oxygen atoms in total. The summed E-state index contributed by atoms with van der Waals surface area (Å²) in [5, 5.41) is 2.68. The van der Waals surface area contributed by atoms with Crippen molar-refractivity contribution < 1.29 is 14.4 Å². The van der Waals surface area contributed by atoms with E-state index in [4.69, 9.17) is 5.73 Å². The number of primary amides is 1. The van der Waals surface area contributed by atoms with Crippen molar-refractivity contribution in [2.24, 2.45) is 5.73 Å². The molecule has 1 fully saturated rings. The average molecular weight is 351 g/mol. The Balaban J connectivity index is 1.67. The minimum atomic E-state index is -0.787. The van der Waals surface area contributed by atoms with Gasteiger partial charge in [0, 0.05) is 30.6 Å². The molecule has 0 spiro atoms. The molecule has 1 heterocycles. The van der Waals surface area contributed by atoms with E-state index < -0.39 is 11.9 Å². The summed E-state index contributed by atoms with van der Waals surface area (Å²) in [5.41, 5.74) is 7.55. The normalized spacial score (nSPS) is 14.9. The number of nitrogens with zero attached hydrogens (tertiary/aromatic N) is 1. The number of anilines is 1. The van der Waals surface area contributed by atoms with E-state index in [9.17, 15) is 14.4 Å². The van der Waals surface area contributed by atoms with Crippen LogP contribution in [0.4, 0.5) is 5.69 Å². The molecule has 0 saturated carbocycles. The molecule has 1 saturated heterocycles. The van der Waals surface area contributed by atoms with Gasteiger partial charge in [0.2, 0.25) is 11.8 Å². The number of nitrogens with two attached hydrogens (primary N) is 1. The zero-order valence-electron chi connectivity index (χ0n) is 14.4. The van der Waals surface area contributed by atoms with Crippen molar-refractivity contribution in [3.8, 4) is 0 Å². The molecule has 0 aliphatic carbocycles. The van der Waals surface area contributed by atoms with E-state index in [1.165, 1.54) is 0 Å². The number of nitrogens with one attached hydrogen (secondary N) is 1. The first-order chi connectivity index (χ1) is 12.5. The third-order valence-corrected chi connectivity index (χ3v) is 4.45. The van der Waals surface area contributed by atoms with Crippen LogP contribution in [0.1, 0.15) is 28.8 Å². The summed E-state index contributed by atoms with van der Waals surface area (Å²) in [6.07, 6.45) is 1.74. The maximum atomic E-state index is 12.4. The molecule has 6 heteroatoms. The number of rotatable bonds is 6. The van der Waals surface area contributed by atoms with Gasteiger partial charge in [-0.1, -0.05) is 30.3 Å². The Morgan fingerprint density at radius 3 is 2.35 bits per heavy atom. The quantitative estimate of drug-likeness (QED) is 0.829. The summed E-state index contributed by atoms with van der Waals surface area (Å²) in [6, 6.07) is 15.4. The predicted octanol–water partition coefficient (Wildman–Crippen LogP) is 1.64. The number of hydrogen-bond donors (Lipinski definition) is 2. The van der Waals surface area contributed by atoms with Crippen LogP contribution in [0, 0.1) is 0 Å². The van der Waals surface area contributed by atoms with Gasteiger partial charge in [-0.2, -0.15) is 0 Å². The van der Waals surface area contributed by atoms with Gasteiger partial charge in [-0.05, 0) is 36.2 Å². The Hall–Kier alpha value is -3.15. The summed E-state index contributed by atoms with van der Waals surface area (Å²) in [5.74, 6) is -0.857. The molecule has 1 aliphatic heterocycles. The number of carbonyl (C=O) groups excluding carboxylic acids is 3. The van der Waals surface area contributed by atoms with Crippen molar-refractivity contribution in [2.75, 3.05) is 11.4 Å². The summed E-state index contributed by atoms with van der Waals surface area (Å²) in [4.78, 5) is 37.6. The largest absolute Gasteiger partial charge is 0.368 e. The van der Waals surface area contributed by atoms with Crippen LogP contribution in [-0.4, -0.2) is 30.3 Å². The molecule has 134 valence electrons. The molecule has 0 bridgehead atoms. The van der Waals surface area contributed by atoms with Crippen molar-refractivity contribution in [3.05, 3.63) is 65.7 Å². The standard InChI is InChI=1S/C20H21N3O3/c21-19(25)17(13-14-5-2-1-3-6-14)22-20(26)15-8-10-16(11-9-15)23-12-4-7-18(23)24/h1-3,5-6,8-11,17H,4,7,12-13H2,(H2,21,25)(H,22,26)/t17-/m1/s1. The van der Waals surface area contributed by atoms with Gasteiger partial charge in [0.05, 0.1) is 0 Å². The monoisotopic (exact) mass is 351 g/mol. The van der Waals surface area contributed by atoms with Crippen molar-refractivity contribution in [3.63, 3.8) is 0 Å². The second-order valence-electron chi connectivity index (χ2n) is 6.31. The summed E-state index contributed by atoms with van der Waals surface area (Å²) < 4.78 is 0. The van der Waals surface area contributed by atoms with E-state index in [1.54, 1.807) is 29.2 Å². The van der Waals surface area contributed by atoms with Crippen molar-refractivity contribution in [1.82, 2.24) is 5.32 Å². The Bertz CT molecular complexity index is 803. The maximum absolute atomic E-state index is 12.4. The number of hydrogen-bond acceptors (Lipinski definition) is 3. The highest BCUT2D eigenvalue weighted by molar-refractivity contribution is 5.99. The zero-order valence-corrected chi connectivity index (χ0v) is 14.4. The minimum Gasteiger partial charge on any atom is -0.368 e. The Morgan fingerprint density at radius 2 is 1.77 bits per heavy atom. The third kappa shape index (κ3) is 4.08. The SMILES string of the molecule is NC(=O)[C@@H](Cc1ccccc1)NC(=O)c1ccc(N2CCCC2=O)cc1. The van der Waals surface area contributed by atoms with Crippen molar-refractivity contribution in [2.45, 2.75) is 25.3 Å². The van der Waals surface area contributed by atoms with Crippen LogP contribution in [0.3, 0.4) is 0 Å². The smallest absolute Gasteiger partial charge is 0.251 e. The van der Waals surface area contributed by atoms with Crippen LogP contribution in [0.15, 0.2) is 54.6 Å². The molecular weight excluding hydrogens is 330 g/mol. The maximum Gasteiger partial charge on any atom is 0.251 e. The van der Waals surface area contributed by atoms with Gasteiger partial charge in [0.15, 0.2) is 0 Å². The molecule has 3 N–H and O–H groups in total. The lowest BCUT2D eigenvalue weighted by Gasteiger charge is -2.17. The molecule has 3 rings (SSSR count). The first-order valence-corrected chi connectivity index (χ1v) is 8.59. The van der Waals surface area contributed by atoms with E-state index in [1.807, 2.05) is 30.3 Å². The van der Waals surface area contributed by atoms with Gasteiger partial charge in [0.1, 0.15) is 6.04 Å². The van der Waals surface area contributed by atoms with E-state index >= 15 is 0 Å². The van der Waals surface area contributed by atoms with Crippen LogP contribution >= 0.6 is 0 Å². The molecule has 0 unspecified atom stereocenters. The van der Waals surface area contributed by atoms with Crippen LogP contribution in [0.5, 0.6) is 0 Å². The number of carbonyl (C=O) groups is 3. The Kier molecular flexibility index (Phi) is 5.31. The fourth-order valence-electron chi connectivity index (χ4n) is 3.03. The van der Waals surface area contributed by atoms with Gasteiger partial charge in [-0.25, -0.2) is 0 Å². The van der Waals surface area contributed by atoms with Gasteiger partial charge in [0.25, 0.3) is 5.91 Å². The molecule has 1 aliphatic rings. The zero-order chi connectivity index (χ0) is 18.5. The second-order valence-corrected chi connectivity index (χ2v) is 6.31. The third-order valence-electron chi connectivity index (χ3n) is 4.45. The topological polar surface area (TPSA) is 92.5 Å². The number of benzene rings is 2. The van der Waals surface area contributed by atoms with Crippen LogP contribution in [-0.2, 0) is 16.0 Å². The van der Waals surface area contributed by atoms with E-state index in [0.717, 1.165) is 17.7 Å². The average Bonchev–Trinajstić information content (AvgIpc) is 3.08. The molecule has 3 amide bonds. The molecule has 2 aromatic carbocycles. The second kappa shape index (κ2) is 7.82. The van der Waals surface area contributed by atoms with E-state index in [-0.39, 0.29) is 11.8 Å². The first kappa shape index (κ1) is 17.7. The van der Waals surface area contributed by atoms with Crippen molar-refractivity contribution >= 4 is 23.4 Å². The minimum absolute atomic E-state index is 0.0962. The van der Waals surface area contributed by atoms with Gasteiger partial charge in [-0.3, -0.25) is 14.4 Å². The van der Waals surface area contributed by atoms with Crippen LogP contribution < -0.4 is 16.0 Å². The van der Waals surface area contributed by atoms with Gasteiger partial charge >= 0.3 is 0 Å². The lowest BCUT2D eigenvalue weighted by Crippen LogP contribution is -2.45. The lowest BCUT2D eigenvalue weighted by molar-refractivity contribution is -0.120. The highest BCUT2D eigenvalue weighted by atomic mass is 16.2. The van der Waals surface area contributed by atoms with Crippen LogP contribution in [0.25, 0.3) is 0 Å². The Morgan fingerprint density at radius 1 is 1.08 bits per heavy atom. The number of amides is 3. The Labute approximate surface area is 152 Å². The first-order valence-electron chi connectivity index (χ1n) is 8.59. The highest BCUT2D eigenvalue weighted by Gasteiger charge is 2.23. The summed E-state index contributed by atoms with van der Waals surface area (Å²) >= 11 is 0. The lowest BCUT2D eigenvalue weighted by atomic mass is 10.0. The molecule has 1 atom stereocenters. The molecule has 2 aromatic rings. The van der Waals surface area contributed by atoms with Crippen LogP contribution in [0.2, 0.25) is 0 Å². The highest BCUT2D eigenvalue weighted by Crippen LogP contribution is 2.21. The molecule has 0 radical (unpaired) electrons. The fraction of sp³-hybridized carbons (Fsp3) is 0.250. The van der Waals surface area contributed by atoms with E-state index in [0.29, 0.717) is 24.9 Å². The molecular formula is C20H21N3O3. The fourth-order valence-corrected chi connectivity index (χ4v) is 3.03. The molecule has 0 aromatic heterocycles. The molecule has 26 heavy (non-hydrogen) atoms. The summed E-state index contributed by atoms with van der Waals surface area (Å²) in [6.45, 7) is 0.700.